The maximum atomic E-state index is 12.0. The summed E-state index contributed by atoms with van der Waals surface area (Å²) >= 11 is 10.5. The van der Waals surface area contributed by atoms with Gasteiger partial charge in [0.15, 0.2) is 0 Å². The first-order valence-electron chi connectivity index (χ1n) is 8.27. The highest BCUT2D eigenvalue weighted by Gasteiger charge is 2.08. The number of thioether (sulfide) groups is 1. The number of methoxy groups -OCH3 is 1. The Kier molecular flexibility index (Phi) is 7.50. The normalized spacial score (nSPS) is 10.9. The summed E-state index contributed by atoms with van der Waals surface area (Å²) in [4.78, 5) is 16.2. The van der Waals surface area contributed by atoms with Gasteiger partial charge in [0.05, 0.1) is 19.1 Å². The number of aromatic amines is 1. The van der Waals surface area contributed by atoms with Gasteiger partial charge < -0.3 is 10.1 Å². The Balaban J connectivity index is 1.50. The Morgan fingerprint density at radius 1 is 1.38 bits per heavy atom. The van der Waals surface area contributed by atoms with Gasteiger partial charge in [0.1, 0.15) is 5.75 Å². The lowest BCUT2D eigenvalue weighted by Crippen LogP contribution is -2.14. The third-order valence-electron chi connectivity index (χ3n) is 3.47. The Hall–Kier alpha value is -2.56. The van der Waals surface area contributed by atoms with Crippen LogP contribution >= 0.6 is 39.3 Å². The molecule has 29 heavy (non-hydrogen) atoms. The topological polar surface area (TPSA) is 104 Å². The van der Waals surface area contributed by atoms with Crippen LogP contribution in [-0.2, 0) is 4.79 Å². The molecule has 0 spiro atoms. The summed E-state index contributed by atoms with van der Waals surface area (Å²) in [5.41, 5.74) is 4.19. The molecule has 8 nitrogen and oxygen atoms in total. The van der Waals surface area contributed by atoms with E-state index in [1.54, 1.807) is 37.6 Å². The zero-order chi connectivity index (χ0) is 20.6. The highest BCUT2D eigenvalue weighted by Crippen LogP contribution is 2.21. The molecule has 0 aliphatic carbocycles. The van der Waals surface area contributed by atoms with Crippen molar-refractivity contribution in [1.82, 2.24) is 15.2 Å². The van der Waals surface area contributed by atoms with Gasteiger partial charge in [0.2, 0.25) is 17.0 Å². The van der Waals surface area contributed by atoms with Crippen molar-refractivity contribution in [2.75, 3.05) is 23.6 Å². The average molecular weight is 496 g/mol. The van der Waals surface area contributed by atoms with Crippen LogP contribution in [0, 0.1) is 0 Å². The number of benzene rings is 2. The number of anilines is 2. The number of ether oxygens (including phenoxy) is 1. The second-order valence-corrected chi connectivity index (χ2v) is 7.86. The number of amides is 1. The minimum Gasteiger partial charge on any atom is -0.496 e. The molecule has 0 saturated heterocycles. The number of nitrogens with zero attached hydrogens (tertiary/aromatic N) is 3. The molecule has 0 bridgehead atoms. The van der Waals surface area contributed by atoms with E-state index in [9.17, 15) is 4.79 Å². The molecule has 3 aromatic rings. The van der Waals surface area contributed by atoms with Crippen molar-refractivity contribution in [3.63, 3.8) is 0 Å². The van der Waals surface area contributed by atoms with Crippen LogP contribution in [0.5, 0.6) is 5.75 Å². The summed E-state index contributed by atoms with van der Waals surface area (Å²) < 4.78 is 6.20. The Bertz CT molecular complexity index is 1030. The van der Waals surface area contributed by atoms with Crippen LogP contribution in [-0.4, -0.2) is 40.2 Å². The fourth-order valence-electron chi connectivity index (χ4n) is 2.22. The van der Waals surface area contributed by atoms with Crippen LogP contribution in [0.1, 0.15) is 5.56 Å². The summed E-state index contributed by atoms with van der Waals surface area (Å²) in [6.07, 6.45) is 1.61. The number of hydrazone groups is 1. The lowest BCUT2D eigenvalue weighted by molar-refractivity contribution is -0.113. The van der Waals surface area contributed by atoms with Crippen LogP contribution in [0.25, 0.3) is 0 Å². The Labute approximate surface area is 184 Å². The summed E-state index contributed by atoms with van der Waals surface area (Å²) in [5.74, 6) is 1.02. The van der Waals surface area contributed by atoms with E-state index in [0.29, 0.717) is 27.6 Å². The van der Waals surface area contributed by atoms with Gasteiger partial charge >= 0.3 is 0 Å². The average Bonchev–Trinajstić information content (AvgIpc) is 3.14. The molecule has 0 saturated carbocycles. The predicted molar refractivity (Wildman–Crippen MR) is 119 cm³/mol. The van der Waals surface area contributed by atoms with Crippen LogP contribution in [0.2, 0.25) is 5.02 Å². The third-order valence-corrected chi connectivity index (χ3v) is 5.05. The van der Waals surface area contributed by atoms with E-state index < -0.39 is 0 Å². The highest BCUT2D eigenvalue weighted by atomic mass is 79.9. The third kappa shape index (κ3) is 6.48. The first-order valence-corrected chi connectivity index (χ1v) is 10.4. The van der Waals surface area contributed by atoms with E-state index in [0.717, 1.165) is 10.0 Å². The first-order chi connectivity index (χ1) is 14.0. The molecule has 1 amide bonds. The summed E-state index contributed by atoms with van der Waals surface area (Å²) in [6, 6.07) is 12.5. The molecule has 0 aliphatic rings. The number of aromatic nitrogens is 3. The molecule has 0 atom stereocenters. The molecule has 0 fully saturated rings. The van der Waals surface area contributed by atoms with Crippen LogP contribution in [0.3, 0.4) is 0 Å². The molecule has 1 heterocycles. The van der Waals surface area contributed by atoms with E-state index in [2.05, 4.69) is 47.0 Å². The molecule has 0 radical (unpaired) electrons. The lowest BCUT2D eigenvalue weighted by atomic mass is 10.2. The summed E-state index contributed by atoms with van der Waals surface area (Å²) in [7, 11) is 1.59. The molecule has 1 aromatic heterocycles. The molecular weight excluding hydrogens is 480 g/mol. The monoisotopic (exact) mass is 494 g/mol. The fraction of sp³-hybridized carbons (Fsp3) is 0.111. The molecular formula is C18H16BrClN6O2S. The van der Waals surface area contributed by atoms with E-state index >= 15 is 0 Å². The van der Waals surface area contributed by atoms with Gasteiger partial charge in [-0.25, -0.2) is 10.5 Å². The van der Waals surface area contributed by atoms with Crippen molar-refractivity contribution in [1.29, 1.82) is 0 Å². The number of nitrogens with one attached hydrogen (secondary N) is 3. The standard InChI is InChI=1S/C18H16BrClN6O2S/c1-28-15-6-5-12(19)7-11(15)9-21-24-17-23-18(26-25-17)29-10-16(27)22-14-4-2-3-13(20)8-14/h2-9H,10H2,1H3,(H,22,27)(H2,23,24,25,26)/b21-9+. The van der Waals surface area contributed by atoms with E-state index in [4.69, 9.17) is 16.3 Å². The quantitative estimate of drug-likeness (QED) is 0.243. The maximum Gasteiger partial charge on any atom is 0.240 e. The lowest BCUT2D eigenvalue weighted by Gasteiger charge is -2.04. The van der Waals surface area contributed by atoms with Crippen LogP contribution < -0.4 is 15.5 Å². The first kappa shape index (κ1) is 21.2. The number of carbonyl (C=O) groups is 1. The van der Waals surface area contributed by atoms with E-state index in [-0.39, 0.29) is 11.7 Å². The molecule has 0 aliphatic heterocycles. The SMILES string of the molecule is COc1ccc(Br)cc1/C=N/Nc1nc(SCC(=O)Nc2cccc(Cl)c2)n[nH]1. The minimum absolute atomic E-state index is 0.155. The van der Waals surface area contributed by atoms with Crippen molar-refractivity contribution in [3.8, 4) is 5.75 Å². The maximum absolute atomic E-state index is 12.0. The zero-order valence-electron chi connectivity index (χ0n) is 15.1. The number of halogens is 2. The van der Waals surface area contributed by atoms with Gasteiger partial charge in [-0.2, -0.15) is 10.1 Å². The molecule has 11 heteroatoms. The number of rotatable bonds is 8. The van der Waals surface area contributed by atoms with Gasteiger partial charge in [0, 0.05) is 20.7 Å². The van der Waals surface area contributed by atoms with Crippen LogP contribution in [0.4, 0.5) is 11.6 Å². The van der Waals surface area contributed by atoms with Gasteiger partial charge in [-0.1, -0.05) is 45.4 Å². The fourth-order valence-corrected chi connectivity index (χ4v) is 3.39. The molecule has 3 N–H and O–H groups in total. The Morgan fingerprint density at radius 3 is 3.03 bits per heavy atom. The second kappa shape index (κ2) is 10.3. The van der Waals surface area contributed by atoms with Crippen molar-refractivity contribution < 1.29 is 9.53 Å². The number of H-pyrrole nitrogens is 1. The van der Waals surface area contributed by atoms with Gasteiger partial charge in [-0.05, 0) is 36.4 Å². The minimum atomic E-state index is -0.184. The number of carbonyl (C=O) groups excluding carboxylic acids is 1. The molecule has 0 unspecified atom stereocenters. The Morgan fingerprint density at radius 2 is 2.24 bits per heavy atom. The van der Waals surface area contributed by atoms with E-state index in [1.807, 2.05) is 18.2 Å². The second-order valence-electron chi connectivity index (χ2n) is 5.57. The van der Waals surface area contributed by atoms with E-state index in [1.165, 1.54) is 11.8 Å². The number of hydrogen-bond acceptors (Lipinski definition) is 7. The smallest absolute Gasteiger partial charge is 0.240 e. The molecule has 2 aromatic carbocycles. The summed E-state index contributed by atoms with van der Waals surface area (Å²) in [6.45, 7) is 0. The van der Waals surface area contributed by atoms with Crippen molar-refractivity contribution >= 4 is 63.1 Å². The van der Waals surface area contributed by atoms with Gasteiger partial charge in [0.25, 0.3) is 0 Å². The zero-order valence-corrected chi connectivity index (χ0v) is 18.3. The van der Waals surface area contributed by atoms with Crippen molar-refractivity contribution in [2.45, 2.75) is 5.16 Å². The molecule has 3 rings (SSSR count). The predicted octanol–water partition coefficient (Wildman–Crippen LogP) is 4.41. The largest absolute Gasteiger partial charge is 0.496 e. The number of hydrogen-bond donors (Lipinski definition) is 3. The highest BCUT2D eigenvalue weighted by molar-refractivity contribution is 9.10. The summed E-state index contributed by atoms with van der Waals surface area (Å²) in [5, 5.41) is 14.6. The molecule has 150 valence electrons. The van der Waals surface area contributed by atoms with Crippen molar-refractivity contribution in [3.05, 3.63) is 57.5 Å². The van der Waals surface area contributed by atoms with Gasteiger partial charge in [-0.3, -0.25) is 4.79 Å². The van der Waals surface area contributed by atoms with Gasteiger partial charge in [-0.15, -0.1) is 5.10 Å². The van der Waals surface area contributed by atoms with Crippen LogP contribution in [0.15, 0.2) is 57.2 Å². The van der Waals surface area contributed by atoms with Crippen molar-refractivity contribution in [2.24, 2.45) is 5.10 Å².